The van der Waals surface area contributed by atoms with Crippen LogP contribution in [0.2, 0.25) is 0 Å². The van der Waals surface area contributed by atoms with Crippen molar-refractivity contribution in [3.63, 3.8) is 0 Å². The van der Waals surface area contributed by atoms with E-state index in [0.717, 1.165) is 6.42 Å². The summed E-state index contributed by atoms with van der Waals surface area (Å²) < 4.78 is 1.89. The highest BCUT2D eigenvalue weighted by atomic mass is 15.3. The van der Waals surface area contributed by atoms with Crippen molar-refractivity contribution in [2.75, 3.05) is 0 Å². The van der Waals surface area contributed by atoms with Gasteiger partial charge in [0.2, 0.25) is 0 Å². The second-order valence-corrected chi connectivity index (χ2v) is 4.39. The van der Waals surface area contributed by atoms with Crippen LogP contribution in [0.3, 0.4) is 0 Å². The van der Waals surface area contributed by atoms with Gasteiger partial charge < -0.3 is 0 Å². The molecule has 4 heteroatoms. The van der Waals surface area contributed by atoms with E-state index in [0.29, 0.717) is 12.0 Å². The molecule has 1 aliphatic rings. The molecule has 15 heavy (non-hydrogen) atoms. The first kappa shape index (κ1) is 10.6. The SMILES string of the molecule is CCc1nn(C)cc1C(NN)C1CCC1. The van der Waals surface area contributed by atoms with E-state index in [-0.39, 0.29) is 0 Å². The van der Waals surface area contributed by atoms with E-state index in [2.05, 4.69) is 23.6 Å². The Labute approximate surface area is 90.8 Å². The molecule has 84 valence electrons. The Hall–Kier alpha value is -0.870. The zero-order valence-electron chi connectivity index (χ0n) is 9.53. The van der Waals surface area contributed by atoms with Crippen molar-refractivity contribution in [3.8, 4) is 0 Å². The van der Waals surface area contributed by atoms with Crippen molar-refractivity contribution < 1.29 is 0 Å². The average molecular weight is 208 g/mol. The highest BCUT2D eigenvalue weighted by Gasteiger charge is 2.30. The van der Waals surface area contributed by atoms with E-state index in [9.17, 15) is 0 Å². The summed E-state index contributed by atoms with van der Waals surface area (Å²) in [6.07, 6.45) is 6.98. The van der Waals surface area contributed by atoms with Gasteiger partial charge in [0.15, 0.2) is 0 Å². The summed E-state index contributed by atoms with van der Waals surface area (Å²) in [5, 5.41) is 4.46. The van der Waals surface area contributed by atoms with Gasteiger partial charge in [0.25, 0.3) is 0 Å². The highest BCUT2D eigenvalue weighted by molar-refractivity contribution is 5.22. The molecule has 0 bridgehead atoms. The summed E-state index contributed by atoms with van der Waals surface area (Å²) in [5.74, 6) is 6.36. The predicted octanol–water partition coefficient (Wildman–Crippen LogP) is 1.29. The first-order chi connectivity index (χ1) is 7.26. The quantitative estimate of drug-likeness (QED) is 0.579. The lowest BCUT2D eigenvalue weighted by atomic mass is 9.77. The summed E-state index contributed by atoms with van der Waals surface area (Å²) in [6.45, 7) is 2.14. The number of hydrogen-bond donors (Lipinski definition) is 2. The topological polar surface area (TPSA) is 55.9 Å². The molecule has 0 amide bonds. The van der Waals surface area contributed by atoms with Crippen molar-refractivity contribution in [1.82, 2.24) is 15.2 Å². The molecule has 0 aromatic carbocycles. The number of aryl methyl sites for hydroxylation is 2. The Morgan fingerprint density at radius 1 is 1.67 bits per heavy atom. The Morgan fingerprint density at radius 3 is 2.87 bits per heavy atom. The van der Waals surface area contributed by atoms with Gasteiger partial charge in [-0.15, -0.1) is 0 Å². The Balaban J connectivity index is 2.23. The van der Waals surface area contributed by atoms with Gasteiger partial charge in [-0.05, 0) is 25.2 Å². The first-order valence-corrected chi connectivity index (χ1v) is 5.74. The number of hydrazine groups is 1. The standard InChI is InChI=1S/C11H20N4/c1-3-10-9(7-15(2)14-10)11(13-12)8-5-4-6-8/h7-8,11,13H,3-6,12H2,1-2H3. The van der Waals surface area contributed by atoms with Gasteiger partial charge in [-0.1, -0.05) is 13.3 Å². The van der Waals surface area contributed by atoms with Crippen molar-refractivity contribution in [2.24, 2.45) is 18.8 Å². The molecule has 1 unspecified atom stereocenters. The maximum atomic E-state index is 5.66. The number of nitrogens with zero attached hydrogens (tertiary/aromatic N) is 2. The molecule has 4 nitrogen and oxygen atoms in total. The van der Waals surface area contributed by atoms with E-state index in [1.165, 1.54) is 30.5 Å². The highest BCUT2D eigenvalue weighted by Crippen LogP contribution is 2.38. The van der Waals surface area contributed by atoms with Crippen LogP contribution in [0.1, 0.15) is 43.5 Å². The minimum absolute atomic E-state index is 0.294. The van der Waals surface area contributed by atoms with Gasteiger partial charge in [0.05, 0.1) is 11.7 Å². The third-order valence-corrected chi connectivity index (χ3v) is 3.41. The van der Waals surface area contributed by atoms with Crippen LogP contribution in [0.4, 0.5) is 0 Å². The smallest absolute Gasteiger partial charge is 0.0670 e. The monoisotopic (exact) mass is 208 g/mol. The van der Waals surface area contributed by atoms with Gasteiger partial charge in [0.1, 0.15) is 0 Å². The van der Waals surface area contributed by atoms with Gasteiger partial charge in [-0.2, -0.15) is 5.10 Å². The van der Waals surface area contributed by atoms with Crippen molar-refractivity contribution in [1.29, 1.82) is 0 Å². The van der Waals surface area contributed by atoms with Gasteiger partial charge in [0, 0.05) is 18.8 Å². The summed E-state index contributed by atoms with van der Waals surface area (Å²) >= 11 is 0. The van der Waals surface area contributed by atoms with Crippen LogP contribution in [0.5, 0.6) is 0 Å². The molecule has 1 fully saturated rings. The molecular weight excluding hydrogens is 188 g/mol. The summed E-state index contributed by atoms with van der Waals surface area (Å²) in [5.41, 5.74) is 5.41. The summed E-state index contributed by atoms with van der Waals surface area (Å²) in [6, 6.07) is 0.294. The molecule has 1 heterocycles. The lowest BCUT2D eigenvalue weighted by Crippen LogP contribution is -2.36. The van der Waals surface area contributed by atoms with Crippen LogP contribution in [0.15, 0.2) is 6.20 Å². The number of aromatic nitrogens is 2. The fraction of sp³-hybridized carbons (Fsp3) is 0.727. The molecular formula is C11H20N4. The minimum Gasteiger partial charge on any atom is -0.275 e. The maximum absolute atomic E-state index is 5.66. The van der Waals surface area contributed by atoms with Crippen LogP contribution in [-0.2, 0) is 13.5 Å². The zero-order valence-corrected chi connectivity index (χ0v) is 9.53. The van der Waals surface area contributed by atoms with E-state index in [4.69, 9.17) is 5.84 Å². The summed E-state index contributed by atoms with van der Waals surface area (Å²) in [7, 11) is 1.97. The molecule has 1 saturated carbocycles. The molecule has 0 spiro atoms. The molecule has 3 N–H and O–H groups in total. The van der Waals surface area contributed by atoms with Crippen LogP contribution in [0, 0.1) is 5.92 Å². The third-order valence-electron chi connectivity index (χ3n) is 3.41. The molecule has 1 aliphatic carbocycles. The van der Waals surface area contributed by atoms with E-state index >= 15 is 0 Å². The molecule has 0 radical (unpaired) electrons. The zero-order chi connectivity index (χ0) is 10.8. The minimum atomic E-state index is 0.294. The van der Waals surface area contributed by atoms with Crippen molar-refractivity contribution in [2.45, 2.75) is 38.6 Å². The molecule has 1 aromatic heterocycles. The average Bonchev–Trinajstić information content (AvgIpc) is 2.52. The lowest BCUT2D eigenvalue weighted by Gasteiger charge is -2.33. The van der Waals surface area contributed by atoms with Gasteiger partial charge in [-0.3, -0.25) is 16.0 Å². The van der Waals surface area contributed by atoms with Crippen LogP contribution in [0.25, 0.3) is 0 Å². The van der Waals surface area contributed by atoms with Crippen molar-refractivity contribution >= 4 is 0 Å². The largest absolute Gasteiger partial charge is 0.275 e. The first-order valence-electron chi connectivity index (χ1n) is 5.74. The Bertz CT molecular complexity index is 327. The second-order valence-electron chi connectivity index (χ2n) is 4.39. The number of nitrogens with two attached hydrogens (primary N) is 1. The normalized spacial score (nSPS) is 18.9. The van der Waals surface area contributed by atoms with E-state index in [1.54, 1.807) is 0 Å². The van der Waals surface area contributed by atoms with Crippen molar-refractivity contribution in [3.05, 3.63) is 17.5 Å². The van der Waals surface area contributed by atoms with Gasteiger partial charge >= 0.3 is 0 Å². The fourth-order valence-electron chi connectivity index (χ4n) is 2.34. The van der Waals surface area contributed by atoms with Crippen LogP contribution in [-0.4, -0.2) is 9.78 Å². The van der Waals surface area contributed by atoms with E-state index < -0.39 is 0 Å². The molecule has 0 saturated heterocycles. The van der Waals surface area contributed by atoms with Gasteiger partial charge in [-0.25, -0.2) is 0 Å². The molecule has 0 aliphatic heterocycles. The van der Waals surface area contributed by atoms with Crippen LogP contribution >= 0.6 is 0 Å². The predicted molar refractivity (Wildman–Crippen MR) is 60.0 cm³/mol. The Kier molecular flexibility index (Phi) is 3.07. The second kappa shape index (κ2) is 4.33. The molecule has 1 atom stereocenters. The summed E-state index contributed by atoms with van der Waals surface area (Å²) in [4.78, 5) is 0. The maximum Gasteiger partial charge on any atom is 0.0670 e. The fourth-order valence-corrected chi connectivity index (χ4v) is 2.34. The Morgan fingerprint density at radius 2 is 2.40 bits per heavy atom. The van der Waals surface area contributed by atoms with Crippen LogP contribution < -0.4 is 11.3 Å². The number of hydrogen-bond acceptors (Lipinski definition) is 3. The number of nitrogens with one attached hydrogen (secondary N) is 1. The third kappa shape index (κ3) is 1.92. The molecule has 1 aromatic rings. The van der Waals surface area contributed by atoms with E-state index in [1.807, 2.05) is 11.7 Å². The molecule has 2 rings (SSSR count). The number of rotatable bonds is 4. The lowest BCUT2D eigenvalue weighted by molar-refractivity contribution is 0.231.